The van der Waals surface area contributed by atoms with Gasteiger partial charge in [-0.1, -0.05) is 12.1 Å². The van der Waals surface area contributed by atoms with Gasteiger partial charge in [-0.15, -0.1) is 0 Å². The molecule has 1 aromatic heterocycles. The topological polar surface area (TPSA) is 58.4 Å². The summed E-state index contributed by atoms with van der Waals surface area (Å²) in [5.41, 5.74) is 1.50. The highest BCUT2D eigenvalue weighted by Gasteiger charge is 2.30. The summed E-state index contributed by atoms with van der Waals surface area (Å²) in [4.78, 5) is 28.6. The maximum absolute atomic E-state index is 13.3. The van der Waals surface area contributed by atoms with E-state index >= 15 is 0 Å². The smallest absolute Gasteiger partial charge is 0.274 e. The maximum Gasteiger partial charge on any atom is 0.274 e. The summed E-state index contributed by atoms with van der Waals surface area (Å²) in [5.74, 6) is -0.599. The minimum Gasteiger partial charge on any atom is -0.337 e. The molecule has 2 aliphatic rings. The Morgan fingerprint density at radius 3 is 2.68 bits per heavy atom. The summed E-state index contributed by atoms with van der Waals surface area (Å²) < 4.78 is 14.9. The summed E-state index contributed by atoms with van der Waals surface area (Å²) in [7, 11) is 0. The van der Waals surface area contributed by atoms with E-state index in [0.29, 0.717) is 31.0 Å². The van der Waals surface area contributed by atoms with Crippen LogP contribution in [0.5, 0.6) is 0 Å². The van der Waals surface area contributed by atoms with Gasteiger partial charge in [-0.25, -0.2) is 4.39 Å². The van der Waals surface area contributed by atoms with Crippen molar-refractivity contribution in [2.24, 2.45) is 0 Å². The van der Waals surface area contributed by atoms with Crippen LogP contribution in [0.1, 0.15) is 39.4 Å². The molecule has 1 aromatic carbocycles. The van der Waals surface area contributed by atoms with Gasteiger partial charge in [0, 0.05) is 32.2 Å². The molecule has 2 amide bonds. The van der Waals surface area contributed by atoms with Crippen LogP contribution in [0.3, 0.4) is 0 Å². The molecule has 2 aliphatic heterocycles. The van der Waals surface area contributed by atoms with Crippen LogP contribution in [0.15, 0.2) is 30.3 Å². The van der Waals surface area contributed by atoms with E-state index in [1.54, 1.807) is 32.7 Å². The van der Waals surface area contributed by atoms with Crippen LogP contribution in [0.2, 0.25) is 0 Å². The molecule has 0 spiro atoms. The summed E-state index contributed by atoms with van der Waals surface area (Å²) in [6.45, 7) is 2.86. The number of rotatable bonds is 3. The number of aromatic nitrogens is 2. The lowest BCUT2D eigenvalue weighted by Gasteiger charge is -2.27. The van der Waals surface area contributed by atoms with E-state index in [1.807, 2.05) is 0 Å². The van der Waals surface area contributed by atoms with Crippen molar-refractivity contribution in [3.8, 4) is 0 Å². The lowest BCUT2D eigenvalue weighted by molar-refractivity contribution is 0.0681. The highest BCUT2D eigenvalue weighted by Crippen LogP contribution is 2.19. The van der Waals surface area contributed by atoms with Gasteiger partial charge in [-0.2, -0.15) is 5.10 Å². The van der Waals surface area contributed by atoms with Gasteiger partial charge in [0.2, 0.25) is 0 Å². The molecule has 130 valence electrons. The fraction of sp³-hybridized carbons (Fsp3) is 0.389. The number of amides is 2. The number of nitrogens with zero attached hydrogens (tertiary/aromatic N) is 4. The fourth-order valence-electron chi connectivity index (χ4n) is 3.43. The summed E-state index contributed by atoms with van der Waals surface area (Å²) in [6.07, 6.45) is 2.03. The SMILES string of the molecule is O=C(c1cc2n(n1)CCN(Cc1cccc(F)c1)C2=O)N1CCCC1. The van der Waals surface area contributed by atoms with Crippen LogP contribution in [0.4, 0.5) is 4.39 Å². The van der Waals surface area contributed by atoms with Crippen molar-refractivity contribution in [3.63, 3.8) is 0 Å². The van der Waals surface area contributed by atoms with Crippen molar-refractivity contribution >= 4 is 11.8 Å². The van der Waals surface area contributed by atoms with Gasteiger partial charge in [-0.05, 0) is 30.5 Å². The second-order valence-electron chi connectivity index (χ2n) is 6.49. The number of hydrogen-bond donors (Lipinski definition) is 0. The molecule has 0 aliphatic carbocycles. The van der Waals surface area contributed by atoms with Gasteiger partial charge in [0.05, 0.1) is 6.54 Å². The molecular weight excluding hydrogens is 323 g/mol. The van der Waals surface area contributed by atoms with Crippen LogP contribution in [-0.2, 0) is 13.1 Å². The van der Waals surface area contributed by atoms with Crippen molar-refractivity contribution in [1.82, 2.24) is 19.6 Å². The zero-order valence-corrected chi connectivity index (χ0v) is 13.8. The largest absolute Gasteiger partial charge is 0.337 e. The van der Waals surface area contributed by atoms with E-state index in [4.69, 9.17) is 0 Å². The van der Waals surface area contributed by atoms with E-state index in [9.17, 15) is 14.0 Å². The zero-order chi connectivity index (χ0) is 17.4. The number of carbonyl (C=O) groups is 2. The van der Waals surface area contributed by atoms with Gasteiger partial charge >= 0.3 is 0 Å². The number of likely N-dealkylation sites (tertiary alicyclic amines) is 1. The second kappa shape index (κ2) is 6.31. The Hall–Kier alpha value is -2.70. The molecule has 3 heterocycles. The molecule has 2 aromatic rings. The van der Waals surface area contributed by atoms with Crippen LogP contribution in [0, 0.1) is 5.82 Å². The van der Waals surface area contributed by atoms with Crippen molar-refractivity contribution in [1.29, 1.82) is 0 Å². The molecule has 1 saturated heterocycles. The Morgan fingerprint density at radius 2 is 1.92 bits per heavy atom. The molecule has 0 atom stereocenters. The van der Waals surface area contributed by atoms with Crippen LogP contribution < -0.4 is 0 Å². The average molecular weight is 342 g/mol. The summed E-state index contributed by atoms with van der Waals surface area (Å²) in [6, 6.07) is 7.83. The van der Waals surface area contributed by atoms with E-state index in [2.05, 4.69) is 5.10 Å². The minimum atomic E-state index is -0.314. The Balaban J connectivity index is 1.53. The maximum atomic E-state index is 13.3. The van der Waals surface area contributed by atoms with E-state index in [-0.39, 0.29) is 17.6 Å². The standard InChI is InChI=1S/C18H19FN4O2/c19-14-5-3-4-13(10-14)12-22-8-9-23-16(18(22)25)11-15(20-23)17(24)21-6-1-2-7-21/h3-5,10-11H,1-2,6-9,12H2. The average Bonchev–Trinajstić information content (AvgIpc) is 3.26. The highest BCUT2D eigenvalue weighted by atomic mass is 19.1. The number of halogens is 1. The van der Waals surface area contributed by atoms with Crippen molar-refractivity contribution < 1.29 is 14.0 Å². The molecule has 7 heteroatoms. The van der Waals surface area contributed by atoms with Crippen molar-refractivity contribution in [2.45, 2.75) is 25.9 Å². The van der Waals surface area contributed by atoms with Crippen LogP contribution in [-0.4, -0.2) is 51.0 Å². The van der Waals surface area contributed by atoms with Gasteiger partial charge in [0.15, 0.2) is 5.69 Å². The first kappa shape index (κ1) is 15.8. The van der Waals surface area contributed by atoms with E-state index < -0.39 is 0 Å². The molecule has 0 N–H and O–H groups in total. The molecule has 6 nitrogen and oxygen atoms in total. The molecule has 1 fully saturated rings. The summed E-state index contributed by atoms with van der Waals surface area (Å²) >= 11 is 0. The third-order valence-electron chi connectivity index (χ3n) is 4.74. The molecule has 0 radical (unpaired) electrons. The number of fused-ring (bicyclic) bond motifs is 1. The van der Waals surface area contributed by atoms with Gasteiger partial charge in [0.25, 0.3) is 11.8 Å². The second-order valence-corrected chi connectivity index (χ2v) is 6.49. The Morgan fingerprint density at radius 1 is 1.12 bits per heavy atom. The van der Waals surface area contributed by atoms with E-state index in [1.165, 1.54) is 12.1 Å². The molecule has 0 saturated carbocycles. The Kier molecular flexibility index (Phi) is 3.99. The van der Waals surface area contributed by atoms with Crippen molar-refractivity contribution in [2.75, 3.05) is 19.6 Å². The molecule has 0 unspecified atom stereocenters. The fourth-order valence-corrected chi connectivity index (χ4v) is 3.43. The molecule has 4 rings (SSSR count). The van der Waals surface area contributed by atoms with Crippen LogP contribution in [0.25, 0.3) is 0 Å². The first-order valence-corrected chi connectivity index (χ1v) is 8.53. The Bertz CT molecular complexity index is 826. The van der Waals surface area contributed by atoms with E-state index in [0.717, 1.165) is 31.5 Å². The number of hydrogen-bond acceptors (Lipinski definition) is 3. The lowest BCUT2D eigenvalue weighted by Crippen LogP contribution is -2.39. The monoisotopic (exact) mass is 342 g/mol. The first-order valence-electron chi connectivity index (χ1n) is 8.53. The number of benzene rings is 1. The van der Waals surface area contributed by atoms with Crippen LogP contribution >= 0.6 is 0 Å². The first-order chi connectivity index (χ1) is 12.1. The molecule has 0 bridgehead atoms. The summed E-state index contributed by atoms with van der Waals surface area (Å²) in [5, 5.41) is 4.32. The van der Waals surface area contributed by atoms with Gasteiger partial charge in [-0.3, -0.25) is 14.3 Å². The molecule has 25 heavy (non-hydrogen) atoms. The zero-order valence-electron chi connectivity index (χ0n) is 13.8. The number of carbonyl (C=O) groups excluding carboxylic acids is 2. The highest BCUT2D eigenvalue weighted by molar-refractivity contribution is 5.98. The Labute approximate surface area is 144 Å². The third-order valence-corrected chi connectivity index (χ3v) is 4.74. The van der Waals surface area contributed by atoms with Gasteiger partial charge in [0.1, 0.15) is 11.5 Å². The quantitative estimate of drug-likeness (QED) is 0.856. The van der Waals surface area contributed by atoms with Gasteiger partial charge < -0.3 is 9.80 Å². The predicted molar refractivity (Wildman–Crippen MR) is 88.5 cm³/mol. The molecular formula is C18H19FN4O2. The third kappa shape index (κ3) is 3.01. The minimum absolute atomic E-state index is 0.108. The predicted octanol–water partition coefficient (Wildman–Crippen LogP) is 1.91. The normalized spacial score (nSPS) is 17.1. The van der Waals surface area contributed by atoms with Crippen molar-refractivity contribution in [3.05, 3.63) is 53.1 Å². The lowest BCUT2D eigenvalue weighted by atomic mass is 10.2.